The number of aromatic nitrogens is 2. The molecule has 0 amide bonds. The molecule has 0 saturated heterocycles. The third-order valence-corrected chi connectivity index (χ3v) is 5.43. The molecule has 1 unspecified atom stereocenters. The summed E-state index contributed by atoms with van der Waals surface area (Å²) in [5.74, 6) is -0.182. The van der Waals surface area contributed by atoms with E-state index in [2.05, 4.69) is 27.0 Å². The molecule has 7 heteroatoms. The molecule has 1 aliphatic rings. The maximum Gasteiger partial charge on any atom is 0.333 e. The Balaban J connectivity index is 1.33. The molecule has 0 bridgehead atoms. The van der Waals surface area contributed by atoms with Gasteiger partial charge < -0.3 is 19.5 Å². The molecule has 4 rings (SSSR count). The zero-order valence-corrected chi connectivity index (χ0v) is 18.1. The van der Waals surface area contributed by atoms with Gasteiger partial charge >= 0.3 is 5.97 Å². The summed E-state index contributed by atoms with van der Waals surface area (Å²) in [6.45, 7) is 3.53. The summed E-state index contributed by atoms with van der Waals surface area (Å²) < 4.78 is 11.2. The van der Waals surface area contributed by atoms with Crippen molar-refractivity contribution in [1.82, 2.24) is 9.97 Å². The van der Waals surface area contributed by atoms with Crippen molar-refractivity contribution in [2.24, 2.45) is 0 Å². The second kappa shape index (κ2) is 10.2. The van der Waals surface area contributed by atoms with Crippen LogP contribution in [0.5, 0.6) is 5.75 Å². The van der Waals surface area contributed by atoms with Crippen molar-refractivity contribution in [2.75, 3.05) is 24.7 Å². The predicted molar refractivity (Wildman–Crippen MR) is 122 cm³/mol. The number of rotatable bonds is 10. The van der Waals surface area contributed by atoms with Crippen LogP contribution in [0.15, 0.2) is 60.9 Å². The molecule has 32 heavy (non-hydrogen) atoms. The quantitative estimate of drug-likeness (QED) is 0.483. The van der Waals surface area contributed by atoms with Crippen molar-refractivity contribution in [1.29, 1.82) is 0 Å². The van der Waals surface area contributed by atoms with E-state index in [4.69, 9.17) is 9.47 Å². The van der Waals surface area contributed by atoms with E-state index in [9.17, 15) is 9.90 Å². The molecule has 2 aromatic heterocycles. The van der Waals surface area contributed by atoms with Crippen LogP contribution in [0.2, 0.25) is 0 Å². The van der Waals surface area contributed by atoms with Crippen LogP contribution in [0, 0.1) is 0 Å². The molecule has 1 atom stereocenters. The molecule has 1 aromatic carbocycles. The second-order valence-corrected chi connectivity index (χ2v) is 7.60. The highest BCUT2D eigenvalue weighted by Gasteiger charge is 2.23. The third kappa shape index (κ3) is 5.06. The highest BCUT2D eigenvalue weighted by Crippen LogP contribution is 2.36. The molecule has 1 aliphatic heterocycles. The fourth-order valence-electron chi connectivity index (χ4n) is 3.92. The van der Waals surface area contributed by atoms with Gasteiger partial charge in [-0.25, -0.2) is 4.79 Å². The van der Waals surface area contributed by atoms with E-state index in [0.29, 0.717) is 19.6 Å². The van der Waals surface area contributed by atoms with E-state index in [-0.39, 0.29) is 0 Å². The zero-order chi connectivity index (χ0) is 22.3. The molecule has 3 heterocycles. The predicted octanol–water partition coefficient (Wildman–Crippen LogP) is 4.02. The maximum atomic E-state index is 11.3. The molecule has 0 fully saturated rings. The zero-order valence-electron chi connectivity index (χ0n) is 18.1. The van der Waals surface area contributed by atoms with Crippen molar-refractivity contribution in [3.05, 3.63) is 77.9 Å². The van der Waals surface area contributed by atoms with Crippen LogP contribution < -0.4 is 9.64 Å². The lowest BCUT2D eigenvalue weighted by Crippen LogP contribution is -2.26. The SMILES string of the molecule is CCOC(Cc1ccc(OCCCN2c3cccnc3Cc3ncccc32)cc1)C(=O)O. The van der Waals surface area contributed by atoms with Gasteiger partial charge in [0.25, 0.3) is 0 Å². The van der Waals surface area contributed by atoms with Gasteiger partial charge in [0, 0.05) is 38.4 Å². The summed E-state index contributed by atoms with van der Waals surface area (Å²) in [6, 6.07) is 15.7. The van der Waals surface area contributed by atoms with Crippen molar-refractivity contribution in [3.63, 3.8) is 0 Å². The number of pyridine rings is 2. The number of fused-ring (bicyclic) bond motifs is 2. The van der Waals surface area contributed by atoms with Crippen LogP contribution in [-0.2, 0) is 22.4 Å². The maximum absolute atomic E-state index is 11.3. The number of anilines is 2. The molecule has 0 aliphatic carbocycles. The van der Waals surface area contributed by atoms with Crippen LogP contribution in [0.1, 0.15) is 30.3 Å². The summed E-state index contributed by atoms with van der Waals surface area (Å²) in [6.07, 6.45) is 4.73. The van der Waals surface area contributed by atoms with E-state index < -0.39 is 12.1 Å². The number of aliphatic carboxylic acids is 1. The number of hydrogen-bond acceptors (Lipinski definition) is 6. The number of carboxylic acids is 1. The molecular weight excluding hydrogens is 406 g/mol. The monoisotopic (exact) mass is 433 g/mol. The van der Waals surface area contributed by atoms with Crippen LogP contribution >= 0.6 is 0 Å². The molecule has 0 radical (unpaired) electrons. The lowest BCUT2D eigenvalue weighted by atomic mass is 10.0. The summed E-state index contributed by atoms with van der Waals surface area (Å²) >= 11 is 0. The lowest BCUT2D eigenvalue weighted by molar-refractivity contribution is -0.149. The number of hydrogen-bond donors (Lipinski definition) is 1. The normalized spacial score (nSPS) is 13.2. The Hall–Kier alpha value is -3.45. The van der Waals surface area contributed by atoms with Gasteiger partial charge in [-0.1, -0.05) is 12.1 Å². The van der Waals surface area contributed by atoms with E-state index in [1.165, 1.54) is 0 Å². The van der Waals surface area contributed by atoms with Gasteiger partial charge in [0.05, 0.1) is 29.4 Å². The lowest BCUT2D eigenvalue weighted by Gasteiger charge is -2.31. The van der Waals surface area contributed by atoms with Gasteiger partial charge in [0.1, 0.15) is 5.75 Å². The first-order chi connectivity index (χ1) is 15.7. The van der Waals surface area contributed by atoms with Crippen molar-refractivity contribution in [2.45, 2.75) is 32.3 Å². The molecule has 1 N–H and O–H groups in total. The Kier molecular flexibility index (Phi) is 6.97. The van der Waals surface area contributed by atoms with Gasteiger partial charge in [-0.2, -0.15) is 0 Å². The average molecular weight is 434 g/mol. The molecular formula is C25H27N3O4. The topological polar surface area (TPSA) is 84.8 Å². The molecule has 166 valence electrons. The first-order valence-corrected chi connectivity index (χ1v) is 10.9. The van der Waals surface area contributed by atoms with Crippen molar-refractivity contribution in [3.8, 4) is 5.75 Å². The third-order valence-electron chi connectivity index (χ3n) is 5.43. The summed E-state index contributed by atoms with van der Waals surface area (Å²) in [5, 5.41) is 9.23. The Bertz CT molecular complexity index is 1010. The minimum absolute atomic E-state index is 0.333. The Morgan fingerprint density at radius 2 is 1.72 bits per heavy atom. The molecule has 0 spiro atoms. The van der Waals surface area contributed by atoms with Crippen LogP contribution in [0.4, 0.5) is 11.4 Å². The van der Waals surface area contributed by atoms with E-state index in [1.54, 1.807) is 6.92 Å². The number of carbonyl (C=O) groups is 1. The minimum Gasteiger partial charge on any atom is -0.494 e. The molecule has 3 aromatic rings. The number of benzene rings is 1. The largest absolute Gasteiger partial charge is 0.494 e. The van der Waals surface area contributed by atoms with Crippen molar-refractivity contribution >= 4 is 17.3 Å². The second-order valence-electron chi connectivity index (χ2n) is 7.60. The van der Waals surface area contributed by atoms with Crippen LogP contribution in [0.25, 0.3) is 0 Å². The summed E-state index contributed by atoms with van der Waals surface area (Å²) in [5.41, 5.74) is 5.24. The van der Waals surface area contributed by atoms with Crippen LogP contribution in [0.3, 0.4) is 0 Å². The van der Waals surface area contributed by atoms with Crippen LogP contribution in [-0.4, -0.2) is 46.9 Å². The van der Waals surface area contributed by atoms with Gasteiger partial charge in [-0.3, -0.25) is 9.97 Å². The van der Waals surface area contributed by atoms with E-state index >= 15 is 0 Å². The first-order valence-electron chi connectivity index (χ1n) is 10.9. The minimum atomic E-state index is -0.946. The first kappa shape index (κ1) is 21.8. The number of carboxylic acid groups (broad SMARTS) is 1. The van der Waals surface area contributed by atoms with E-state index in [1.807, 2.05) is 48.8 Å². The van der Waals surface area contributed by atoms with Crippen molar-refractivity contribution < 1.29 is 19.4 Å². The Morgan fingerprint density at radius 1 is 1.06 bits per heavy atom. The fraction of sp³-hybridized carbons (Fsp3) is 0.320. The van der Waals surface area contributed by atoms with E-state index in [0.717, 1.165) is 53.5 Å². The van der Waals surface area contributed by atoms with Gasteiger partial charge in [-0.05, 0) is 55.3 Å². The fourth-order valence-corrected chi connectivity index (χ4v) is 3.92. The summed E-state index contributed by atoms with van der Waals surface area (Å²) in [7, 11) is 0. The van der Waals surface area contributed by atoms with Gasteiger partial charge in [0.15, 0.2) is 6.10 Å². The van der Waals surface area contributed by atoms with Gasteiger partial charge in [-0.15, -0.1) is 0 Å². The molecule has 0 saturated carbocycles. The highest BCUT2D eigenvalue weighted by molar-refractivity contribution is 5.73. The Morgan fingerprint density at radius 3 is 2.31 bits per heavy atom. The number of nitrogens with zero attached hydrogens (tertiary/aromatic N) is 3. The summed E-state index contributed by atoms with van der Waals surface area (Å²) in [4.78, 5) is 22.6. The average Bonchev–Trinajstić information content (AvgIpc) is 2.81. The Labute approximate surface area is 187 Å². The highest BCUT2D eigenvalue weighted by atomic mass is 16.5. The van der Waals surface area contributed by atoms with Gasteiger partial charge in [0.2, 0.25) is 0 Å². The smallest absolute Gasteiger partial charge is 0.333 e. The standard InChI is InChI=1S/C25H27N3O4/c1-2-31-24(25(29)30)16-18-8-10-19(11-9-18)32-15-5-14-28-22-6-3-12-26-20(22)17-21-23(28)7-4-13-27-21/h3-4,6-13,24H,2,5,14-17H2,1H3,(H,29,30). The number of ether oxygens (including phenoxy) is 2. The molecule has 7 nitrogen and oxygen atoms in total.